The second-order valence-electron chi connectivity index (χ2n) is 6.69. The van der Waals surface area contributed by atoms with E-state index in [1.807, 2.05) is 12.4 Å². The standard InChI is InChI=1S/C21H24N2O2/c1-24-19-4-2-3-15(12-19)17-11-16-5-8-23-14-20(16)21(13-17)25-18-6-9-22-10-7-18/h2-5,8,11,13-14,18-19,22H,6-7,9-10,12H2,1H3. The molecule has 0 spiro atoms. The number of aromatic nitrogens is 1. The summed E-state index contributed by atoms with van der Waals surface area (Å²) >= 11 is 0. The third-order valence-corrected chi connectivity index (χ3v) is 5.02. The van der Waals surface area contributed by atoms with Crippen molar-refractivity contribution in [1.82, 2.24) is 10.3 Å². The van der Waals surface area contributed by atoms with E-state index in [1.165, 1.54) is 16.5 Å². The lowest BCUT2D eigenvalue weighted by Gasteiger charge is -2.25. The van der Waals surface area contributed by atoms with E-state index in [9.17, 15) is 0 Å². The van der Waals surface area contributed by atoms with Crippen molar-refractivity contribution in [2.45, 2.75) is 31.5 Å². The highest BCUT2D eigenvalue weighted by Crippen LogP contribution is 2.34. The van der Waals surface area contributed by atoms with Gasteiger partial charge in [0, 0.05) is 31.3 Å². The number of fused-ring (bicyclic) bond motifs is 1. The van der Waals surface area contributed by atoms with E-state index in [0.717, 1.165) is 43.5 Å². The molecule has 0 amide bonds. The molecular weight excluding hydrogens is 312 g/mol. The van der Waals surface area contributed by atoms with Gasteiger partial charge in [0.25, 0.3) is 0 Å². The summed E-state index contributed by atoms with van der Waals surface area (Å²) in [6, 6.07) is 6.45. The number of benzene rings is 1. The normalized spacial score (nSPS) is 21.3. The Morgan fingerprint density at radius 2 is 2.08 bits per heavy atom. The van der Waals surface area contributed by atoms with Crippen molar-refractivity contribution in [3.05, 3.63) is 54.4 Å². The van der Waals surface area contributed by atoms with E-state index in [0.29, 0.717) is 0 Å². The molecule has 1 saturated heterocycles. The molecule has 1 atom stereocenters. The van der Waals surface area contributed by atoms with Crippen LogP contribution in [0.25, 0.3) is 16.3 Å². The summed E-state index contributed by atoms with van der Waals surface area (Å²) in [6.45, 7) is 2.04. The van der Waals surface area contributed by atoms with Crippen LogP contribution in [0.15, 0.2) is 48.8 Å². The van der Waals surface area contributed by atoms with Crippen LogP contribution in [0.2, 0.25) is 0 Å². The van der Waals surface area contributed by atoms with E-state index in [-0.39, 0.29) is 12.2 Å². The Labute approximate surface area is 148 Å². The molecule has 1 N–H and O–H groups in total. The van der Waals surface area contributed by atoms with Gasteiger partial charge in [-0.1, -0.05) is 18.2 Å². The molecule has 1 fully saturated rings. The van der Waals surface area contributed by atoms with Crippen molar-refractivity contribution < 1.29 is 9.47 Å². The number of nitrogens with one attached hydrogen (secondary N) is 1. The maximum atomic E-state index is 6.40. The number of rotatable bonds is 4. The van der Waals surface area contributed by atoms with Gasteiger partial charge in [-0.05, 0) is 60.7 Å². The lowest BCUT2D eigenvalue weighted by molar-refractivity contribution is 0.144. The number of hydrogen-bond donors (Lipinski definition) is 1. The zero-order chi connectivity index (χ0) is 17.1. The molecule has 1 unspecified atom stereocenters. The number of ether oxygens (including phenoxy) is 2. The number of hydrogen-bond acceptors (Lipinski definition) is 4. The Hall–Kier alpha value is -2.17. The van der Waals surface area contributed by atoms with E-state index in [1.54, 1.807) is 7.11 Å². The predicted molar refractivity (Wildman–Crippen MR) is 101 cm³/mol. The molecular formula is C21H24N2O2. The van der Waals surface area contributed by atoms with Crippen LogP contribution in [-0.4, -0.2) is 37.4 Å². The summed E-state index contributed by atoms with van der Waals surface area (Å²) in [5, 5.41) is 5.64. The van der Waals surface area contributed by atoms with Crippen molar-refractivity contribution >= 4 is 16.3 Å². The van der Waals surface area contributed by atoms with Crippen molar-refractivity contribution in [3.63, 3.8) is 0 Å². The number of allylic oxidation sites excluding steroid dienone is 2. The van der Waals surface area contributed by atoms with Gasteiger partial charge in [0.1, 0.15) is 11.9 Å². The molecule has 130 valence electrons. The molecule has 1 aromatic heterocycles. The molecule has 0 bridgehead atoms. The van der Waals surface area contributed by atoms with Gasteiger partial charge in [0.15, 0.2) is 0 Å². The maximum absolute atomic E-state index is 6.40. The topological polar surface area (TPSA) is 43.4 Å². The fourth-order valence-electron chi connectivity index (χ4n) is 3.57. The Morgan fingerprint density at radius 1 is 1.20 bits per heavy atom. The van der Waals surface area contributed by atoms with Gasteiger partial charge >= 0.3 is 0 Å². The van der Waals surface area contributed by atoms with Crippen LogP contribution in [0.1, 0.15) is 24.8 Å². The lowest BCUT2D eigenvalue weighted by Crippen LogP contribution is -2.34. The van der Waals surface area contributed by atoms with Crippen LogP contribution in [0.4, 0.5) is 0 Å². The predicted octanol–water partition coefficient (Wildman–Crippen LogP) is 3.72. The van der Waals surface area contributed by atoms with E-state index in [2.05, 4.69) is 46.7 Å². The summed E-state index contributed by atoms with van der Waals surface area (Å²) in [6.07, 6.45) is 13.5. The summed E-state index contributed by atoms with van der Waals surface area (Å²) in [7, 11) is 1.76. The van der Waals surface area contributed by atoms with Crippen LogP contribution in [-0.2, 0) is 4.74 Å². The molecule has 4 nitrogen and oxygen atoms in total. The van der Waals surface area contributed by atoms with Gasteiger partial charge < -0.3 is 14.8 Å². The van der Waals surface area contributed by atoms with E-state index in [4.69, 9.17) is 9.47 Å². The fourth-order valence-corrected chi connectivity index (χ4v) is 3.57. The molecule has 1 aromatic carbocycles. The SMILES string of the molecule is COC1C=CC=C(c2cc(OC3CCNCC3)c3cnccc3c2)C1. The van der Waals surface area contributed by atoms with Gasteiger partial charge in [-0.25, -0.2) is 0 Å². The fraction of sp³-hybridized carbons (Fsp3) is 0.381. The largest absolute Gasteiger partial charge is 0.490 e. The number of methoxy groups -OCH3 is 1. The zero-order valence-corrected chi connectivity index (χ0v) is 14.6. The summed E-state index contributed by atoms with van der Waals surface area (Å²) in [4.78, 5) is 4.30. The highest BCUT2D eigenvalue weighted by molar-refractivity contribution is 5.91. The average molecular weight is 336 g/mol. The third-order valence-electron chi connectivity index (χ3n) is 5.02. The highest BCUT2D eigenvalue weighted by atomic mass is 16.5. The molecule has 2 aliphatic rings. The second kappa shape index (κ2) is 7.38. The van der Waals surface area contributed by atoms with E-state index >= 15 is 0 Å². The first kappa shape index (κ1) is 16.3. The Kier molecular flexibility index (Phi) is 4.81. The number of piperidine rings is 1. The third kappa shape index (κ3) is 3.60. The van der Waals surface area contributed by atoms with E-state index < -0.39 is 0 Å². The minimum absolute atomic E-state index is 0.141. The average Bonchev–Trinajstić information content (AvgIpc) is 2.69. The minimum atomic E-state index is 0.141. The molecule has 1 aliphatic carbocycles. The second-order valence-corrected chi connectivity index (χ2v) is 6.69. The monoisotopic (exact) mass is 336 g/mol. The summed E-state index contributed by atoms with van der Waals surface area (Å²) < 4.78 is 11.9. The quantitative estimate of drug-likeness (QED) is 0.924. The summed E-state index contributed by atoms with van der Waals surface area (Å²) in [5.74, 6) is 0.942. The Balaban J connectivity index is 1.71. The molecule has 4 heteroatoms. The molecule has 25 heavy (non-hydrogen) atoms. The lowest BCUT2D eigenvalue weighted by atomic mass is 9.94. The smallest absolute Gasteiger partial charge is 0.129 e. The van der Waals surface area contributed by atoms with Crippen molar-refractivity contribution in [1.29, 1.82) is 0 Å². The van der Waals surface area contributed by atoms with Gasteiger partial charge in [-0.15, -0.1) is 0 Å². The van der Waals surface area contributed by atoms with Crippen molar-refractivity contribution in [2.24, 2.45) is 0 Å². The van der Waals surface area contributed by atoms with Crippen LogP contribution in [0.5, 0.6) is 5.75 Å². The van der Waals surface area contributed by atoms with Gasteiger partial charge in [-0.2, -0.15) is 0 Å². The van der Waals surface area contributed by atoms with Crippen LogP contribution in [0, 0.1) is 0 Å². The molecule has 0 saturated carbocycles. The first-order chi connectivity index (χ1) is 12.3. The zero-order valence-electron chi connectivity index (χ0n) is 14.6. The van der Waals surface area contributed by atoms with Gasteiger partial charge in [-0.3, -0.25) is 4.98 Å². The molecule has 2 heterocycles. The first-order valence-corrected chi connectivity index (χ1v) is 8.99. The number of pyridine rings is 1. The van der Waals surface area contributed by atoms with Crippen LogP contribution >= 0.6 is 0 Å². The molecule has 0 radical (unpaired) electrons. The van der Waals surface area contributed by atoms with Crippen LogP contribution < -0.4 is 10.1 Å². The van der Waals surface area contributed by atoms with Gasteiger partial charge in [0.05, 0.1) is 6.10 Å². The highest BCUT2D eigenvalue weighted by Gasteiger charge is 2.18. The van der Waals surface area contributed by atoms with Gasteiger partial charge in [0.2, 0.25) is 0 Å². The molecule has 1 aliphatic heterocycles. The molecule has 2 aromatic rings. The maximum Gasteiger partial charge on any atom is 0.129 e. The number of nitrogens with zero attached hydrogens (tertiary/aromatic N) is 1. The minimum Gasteiger partial charge on any atom is -0.490 e. The Bertz CT molecular complexity index is 807. The molecule has 4 rings (SSSR count). The van der Waals surface area contributed by atoms with Crippen molar-refractivity contribution in [2.75, 3.05) is 20.2 Å². The Morgan fingerprint density at radius 3 is 2.92 bits per heavy atom. The summed E-state index contributed by atoms with van der Waals surface area (Å²) in [5.41, 5.74) is 2.48. The first-order valence-electron chi connectivity index (χ1n) is 8.99. The van der Waals surface area contributed by atoms with Crippen molar-refractivity contribution in [3.8, 4) is 5.75 Å². The van der Waals surface area contributed by atoms with Crippen LogP contribution in [0.3, 0.4) is 0 Å².